The van der Waals surface area contributed by atoms with Crippen LogP contribution >= 0.6 is 10.5 Å². The molecule has 4 rings (SSSR count). The molecule has 0 aliphatic rings. The molecule has 0 atom stereocenters. The van der Waals surface area contributed by atoms with Crippen LogP contribution in [0.25, 0.3) is 25.1 Å². The quantitative estimate of drug-likeness (QED) is 0.428. The molecule has 0 radical (unpaired) electrons. The molecule has 0 bridgehead atoms. The molecule has 0 amide bonds. The summed E-state index contributed by atoms with van der Waals surface area (Å²) in [6.45, 7) is 0. The van der Waals surface area contributed by atoms with Gasteiger partial charge >= 0.3 is 0 Å². The maximum Gasteiger partial charge on any atom is 0.221 e. The summed E-state index contributed by atoms with van der Waals surface area (Å²) in [7, 11) is 1.67. The monoisotopic (exact) mass is 291 g/mol. The van der Waals surface area contributed by atoms with Gasteiger partial charge in [0.25, 0.3) is 0 Å². The summed E-state index contributed by atoms with van der Waals surface area (Å²) >= 11 is 0. The maximum absolute atomic E-state index is 5.59. The van der Waals surface area contributed by atoms with Gasteiger partial charge in [-0.3, -0.25) is 0 Å². The average Bonchev–Trinajstić information content (AvgIpc) is 2.89. The number of rotatable bonds is 2. The van der Waals surface area contributed by atoms with Gasteiger partial charge in [0.1, 0.15) is 0 Å². The SMILES string of the molecule is COc1ccccc1-[s+]1c2ccccc2c2ccccc21. The fourth-order valence-electron chi connectivity index (χ4n) is 2.88. The molecule has 0 aliphatic carbocycles. The minimum Gasteiger partial charge on any atom is -0.491 e. The number of methoxy groups -OCH3 is 1. The molecule has 2 heteroatoms. The fraction of sp³-hybridized carbons (Fsp3) is 0.0526. The Balaban J connectivity index is 2.20. The third kappa shape index (κ3) is 1.83. The van der Waals surface area contributed by atoms with Crippen LogP contribution in [0.1, 0.15) is 0 Å². The van der Waals surface area contributed by atoms with Crippen LogP contribution in [0.15, 0.2) is 72.8 Å². The Hall–Kier alpha value is -2.32. The van der Waals surface area contributed by atoms with Crippen molar-refractivity contribution < 1.29 is 4.74 Å². The van der Waals surface area contributed by atoms with Gasteiger partial charge in [0.2, 0.25) is 4.90 Å². The summed E-state index contributed by atoms with van der Waals surface area (Å²) in [6, 6.07) is 25.7. The standard InChI is InChI=1S/C19H15OS/c1-20-16-10-4-7-13-19(16)21-17-11-5-2-8-14(17)15-9-3-6-12-18(15)21/h2-13H,1H3/q+1. The third-order valence-corrected chi connectivity index (χ3v) is 6.16. The van der Waals surface area contributed by atoms with Crippen molar-refractivity contribution in [3.8, 4) is 10.6 Å². The molecule has 0 fully saturated rings. The lowest BCUT2D eigenvalue weighted by molar-refractivity contribution is 0.417. The van der Waals surface area contributed by atoms with Crippen LogP contribution in [0.5, 0.6) is 5.75 Å². The minimum absolute atomic E-state index is 0.0770. The number of thiophene rings is 1. The van der Waals surface area contributed by atoms with Gasteiger partial charge in [-0.1, -0.05) is 36.4 Å². The second kappa shape index (κ2) is 4.90. The maximum atomic E-state index is 5.59. The number of benzene rings is 3. The molecular weight excluding hydrogens is 276 g/mol. The first-order valence-electron chi connectivity index (χ1n) is 6.96. The first kappa shape index (κ1) is 12.4. The summed E-state index contributed by atoms with van der Waals surface area (Å²) in [6.07, 6.45) is 0. The molecule has 3 aromatic carbocycles. The highest BCUT2D eigenvalue weighted by Crippen LogP contribution is 2.50. The van der Waals surface area contributed by atoms with Crippen molar-refractivity contribution in [2.24, 2.45) is 0 Å². The van der Waals surface area contributed by atoms with E-state index in [1.807, 2.05) is 12.1 Å². The molecule has 1 nitrogen and oxygen atoms in total. The normalized spacial score (nSPS) is 11.1. The molecule has 0 aliphatic heterocycles. The molecule has 102 valence electrons. The number of ether oxygens (including phenoxy) is 1. The number of para-hydroxylation sites is 1. The van der Waals surface area contributed by atoms with Crippen LogP contribution in [0.3, 0.4) is 0 Å². The minimum atomic E-state index is -0.0770. The van der Waals surface area contributed by atoms with Gasteiger partial charge in [0.05, 0.1) is 7.11 Å². The second-order valence-electron chi connectivity index (χ2n) is 4.95. The van der Waals surface area contributed by atoms with Crippen molar-refractivity contribution in [3.05, 3.63) is 72.8 Å². The number of hydrogen-bond donors (Lipinski definition) is 0. The van der Waals surface area contributed by atoms with Gasteiger partial charge in [-0.15, -0.1) is 0 Å². The van der Waals surface area contributed by atoms with Gasteiger partial charge < -0.3 is 4.74 Å². The van der Waals surface area contributed by atoms with Crippen LogP contribution in [-0.4, -0.2) is 7.11 Å². The Labute approximate surface area is 126 Å². The van der Waals surface area contributed by atoms with E-state index in [2.05, 4.69) is 60.7 Å². The Morgan fingerprint density at radius 1 is 0.667 bits per heavy atom. The summed E-state index contributed by atoms with van der Waals surface area (Å²) in [4.78, 5) is 1.26. The van der Waals surface area contributed by atoms with Crippen molar-refractivity contribution in [1.82, 2.24) is 0 Å². The second-order valence-corrected chi connectivity index (χ2v) is 6.88. The van der Waals surface area contributed by atoms with Gasteiger partial charge in [-0.2, -0.15) is 0 Å². The topological polar surface area (TPSA) is 9.23 Å². The van der Waals surface area contributed by atoms with E-state index in [-0.39, 0.29) is 10.5 Å². The van der Waals surface area contributed by atoms with Gasteiger partial charge in [0.15, 0.2) is 15.1 Å². The molecular formula is C19H15OS+. The highest BCUT2D eigenvalue weighted by Gasteiger charge is 2.25. The fourth-order valence-corrected chi connectivity index (χ4v) is 5.38. The Bertz CT molecular complexity index is 883. The van der Waals surface area contributed by atoms with Crippen molar-refractivity contribution in [1.29, 1.82) is 0 Å². The highest BCUT2D eigenvalue weighted by atomic mass is 32.2. The van der Waals surface area contributed by atoms with Crippen LogP contribution in [0.4, 0.5) is 0 Å². The molecule has 0 saturated carbocycles. The first-order chi connectivity index (χ1) is 10.4. The number of fused-ring (bicyclic) bond motifs is 3. The Morgan fingerprint density at radius 3 is 1.81 bits per heavy atom. The number of hydrogen-bond acceptors (Lipinski definition) is 1. The van der Waals surface area contributed by atoms with Crippen LogP contribution in [0, 0.1) is 0 Å². The van der Waals surface area contributed by atoms with E-state index in [1.54, 1.807) is 7.11 Å². The van der Waals surface area contributed by atoms with Gasteiger partial charge in [0, 0.05) is 27.3 Å². The van der Waals surface area contributed by atoms with E-state index < -0.39 is 0 Å². The summed E-state index contributed by atoms with van der Waals surface area (Å²) in [5.74, 6) is 0.965. The van der Waals surface area contributed by atoms with Crippen molar-refractivity contribution in [2.75, 3.05) is 7.11 Å². The van der Waals surface area contributed by atoms with Crippen LogP contribution in [-0.2, 0) is 0 Å². The molecule has 4 aromatic rings. The Kier molecular flexibility index (Phi) is 2.90. The van der Waals surface area contributed by atoms with Crippen LogP contribution < -0.4 is 4.74 Å². The summed E-state index contributed by atoms with van der Waals surface area (Å²) in [5, 5.41) is 2.70. The largest absolute Gasteiger partial charge is 0.491 e. The molecule has 0 N–H and O–H groups in total. The molecule has 0 spiro atoms. The lowest BCUT2D eigenvalue weighted by atomic mass is 10.2. The lowest BCUT2D eigenvalue weighted by Gasteiger charge is -2.01. The van der Waals surface area contributed by atoms with E-state index in [0.717, 1.165) is 5.75 Å². The first-order valence-corrected chi connectivity index (χ1v) is 8.18. The predicted octanol–water partition coefficient (Wildman–Crippen LogP) is 5.74. The van der Waals surface area contributed by atoms with E-state index >= 15 is 0 Å². The third-order valence-electron chi connectivity index (χ3n) is 3.79. The molecule has 1 aromatic heterocycles. The van der Waals surface area contributed by atoms with Crippen LogP contribution in [0.2, 0.25) is 0 Å². The summed E-state index contributed by atoms with van der Waals surface area (Å²) < 4.78 is 8.38. The molecule has 21 heavy (non-hydrogen) atoms. The molecule has 0 unspecified atom stereocenters. The van der Waals surface area contributed by atoms with Crippen molar-refractivity contribution in [2.45, 2.75) is 0 Å². The summed E-state index contributed by atoms with van der Waals surface area (Å²) in [5.41, 5.74) is 0. The smallest absolute Gasteiger partial charge is 0.221 e. The van der Waals surface area contributed by atoms with Gasteiger partial charge in [-0.05, 0) is 30.3 Å². The van der Waals surface area contributed by atoms with Gasteiger partial charge in [-0.25, -0.2) is 0 Å². The predicted molar refractivity (Wildman–Crippen MR) is 91.8 cm³/mol. The van der Waals surface area contributed by atoms with E-state index in [1.165, 1.54) is 25.1 Å². The highest BCUT2D eigenvalue weighted by molar-refractivity contribution is 7.50. The van der Waals surface area contributed by atoms with Crippen molar-refractivity contribution in [3.63, 3.8) is 0 Å². The average molecular weight is 291 g/mol. The van der Waals surface area contributed by atoms with Crippen molar-refractivity contribution >= 4 is 30.6 Å². The zero-order valence-electron chi connectivity index (χ0n) is 11.7. The van der Waals surface area contributed by atoms with E-state index in [0.29, 0.717) is 0 Å². The van der Waals surface area contributed by atoms with E-state index in [4.69, 9.17) is 4.74 Å². The van der Waals surface area contributed by atoms with E-state index in [9.17, 15) is 0 Å². The Morgan fingerprint density at radius 2 is 1.19 bits per heavy atom. The lowest BCUT2D eigenvalue weighted by Crippen LogP contribution is -1.84. The zero-order chi connectivity index (χ0) is 14.2. The molecule has 1 heterocycles. The zero-order valence-corrected chi connectivity index (χ0v) is 12.6. The molecule has 0 saturated heterocycles.